The van der Waals surface area contributed by atoms with E-state index in [4.69, 9.17) is 5.73 Å². The summed E-state index contributed by atoms with van der Waals surface area (Å²) in [6.07, 6.45) is 2.10. The van der Waals surface area contributed by atoms with Gasteiger partial charge in [0.1, 0.15) is 6.04 Å². The lowest BCUT2D eigenvalue weighted by Crippen LogP contribution is -2.51. The van der Waals surface area contributed by atoms with E-state index in [2.05, 4.69) is 10.6 Å². The third-order valence-electron chi connectivity index (χ3n) is 2.52. The molecule has 5 nitrogen and oxygen atoms in total. The van der Waals surface area contributed by atoms with Crippen molar-refractivity contribution in [1.82, 2.24) is 10.6 Å². The Morgan fingerprint density at radius 2 is 1.82 bits per heavy atom. The second kappa shape index (κ2) is 8.06. The fourth-order valence-electron chi connectivity index (χ4n) is 1.60. The minimum absolute atomic E-state index is 0.171. The molecule has 0 bridgehead atoms. The van der Waals surface area contributed by atoms with Gasteiger partial charge >= 0.3 is 0 Å². The fraction of sp³-hybridized carbons (Fsp3) is 0.833. The van der Waals surface area contributed by atoms with Gasteiger partial charge in [-0.2, -0.15) is 0 Å². The summed E-state index contributed by atoms with van der Waals surface area (Å²) in [5, 5.41) is 5.26. The molecule has 0 spiro atoms. The smallest absolute Gasteiger partial charge is 0.242 e. The van der Waals surface area contributed by atoms with Crippen molar-refractivity contribution < 1.29 is 9.59 Å². The predicted octanol–water partition coefficient (Wildman–Crippen LogP) is 0.391. The van der Waals surface area contributed by atoms with Gasteiger partial charge in [-0.05, 0) is 18.8 Å². The molecule has 0 saturated heterocycles. The zero-order valence-corrected chi connectivity index (χ0v) is 11.2. The number of hydrogen-bond donors (Lipinski definition) is 3. The van der Waals surface area contributed by atoms with E-state index in [0.29, 0.717) is 18.8 Å². The zero-order chi connectivity index (χ0) is 13.4. The highest BCUT2D eigenvalue weighted by Gasteiger charge is 2.23. The number of hydrogen-bond acceptors (Lipinski definition) is 3. The summed E-state index contributed by atoms with van der Waals surface area (Å²) in [5.74, 6) is -0.0863. The SMILES string of the molecule is CCC[C@H](N)C(=O)NC(CC(C)C)C(=O)NC. The first-order valence-corrected chi connectivity index (χ1v) is 6.19. The molecule has 0 aromatic carbocycles. The maximum absolute atomic E-state index is 11.7. The van der Waals surface area contributed by atoms with E-state index in [9.17, 15) is 9.59 Å². The van der Waals surface area contributed by atoms with Crippen molar-refractivity contribution in [2.24, 2.45) is 11.7 Å². The minimum Gasteiger partial charge on any atom is -0.357 e. The molecule has 0 aliphatic rings. The molecule has 0 saturated carbocycles. The topological polar surface area (TPSA) is 84.2 Å². The fourth-order valence-corrected chi connectivity index (χ4v) is 1.60. The monoisotopic (exact) mass is 243 g/mol. The van der Waals surface area contributed by atoms with Gasteiger partial charge in [-0.25, -0.2) is 0 Å². The second-order valence-corrected chi connectivity index (χ2v) is 4.70. The first-order valence-electron chi connectivity index (χ1n) is 6.19. The van der Waals surface area contributed by atoms with Gasteiger partial charge in [0, 0.05) is 7.05 Å². The van der Waals surface area contributed by atoms with Crippen LogP contribution in [0.5, 0.6) is 0 Å². The van der Waals surface area contributed by atoms with E-state index >= 15 is 0 Å². The highest BCUT2D eigenvalue weighted by atomic mass is 16.2. The van der Waals surface area contributed by atoms with Crippen LogP contribution in [0.2, 0.25) is 0 Å². The van der Waals surface area contributed by atoms with Crippen LogP contribution in [-0.2, 0) is 9.59 Å². The van der Waals surface area contributed by atoms with Crippen LogP contribution in [0.25, 0.3) is 0 Å². The van der Waals surface area contributed by atoms with Gasteiger partial charge < -0.3 is 16.4 Å². The van der Waals surface area contributed by atoms with E-state index in [1.165, 1.54) is 0 Å². The van der Waals surface area contributed by atoms with Gasteiger partial charge in [-0.15, -0.1) is 0 Å². The Balaban J connectivity index is 4.42. The van der Waals surface area contributed by atoms with Crippen LogP contribution < -0.4 is 16.4 Å². The number of likely N-dealkylation sites (N-methyl/N-ethyl adjacent to an activating group) is 1. The quantitative estimate of drug-likeness (QED) is 0.605. The molecule has 4 N–H and O–H groups in total. The minimum atomic E-state index is -0.528. The number of rotatable bonds is 7. The molecular formula is C12H25N3O2. The van der Waals surface area contributed by atoms with Gasteiger partial charge in [-0.1, -0.05) is 27.2 Å². The van der Waals surface area contributed by atoms with Gasteiger partial charge in [0.05, 0.1) is 6.04 Å². The van der Waals surface area contributed by atoms with Crippen molar-refractivity contribution in [3.05, 3.63) is 0 Å². The standard InChI is InChI=1S/C12H25N3O2/c1-5-6-9(13)11(16)15-10(7-8(2)3)12(17)14-4/h8-10H,5-7,13H2,1-4H3,(H,14,17)(H,15,16)/t9-,10?/m0/s1. The average Bonchev–Trinajstić information content (AvgIpc) is 2.26. The summed E-state index contributed by atoms with van der Waals surface area (Å²) >= 11 is 0. The Hall–Kier alpha value is -1.10. The van der Waals surface area contributed by atoms with E-state index in [1.54, 1.807) is 7.05 Å². The van der Waals surface area contributed by atoms with Gasteiger partial charge in [-0.3, -0.25) is 9.59 Å². The largest absolute Gasteiger partial charge is 0.357 e. The summed E-state index contributed by atoms with van der Waals surface area (Å²) in [4.78, 5) is 23.3. The van der Waals surface area contributed by atoms with Gasteiger partial charge in [0.25, 0.3) is 0 Å². The molecule has 0 rings (SSSR count). The zero-order valence-electron chi connectivity index (χ0n) is 11.2. The molecule has 17 heavy (non-hydrogen) atoms. The maximum Gasteiger partial charge on any atom is 0.242 e. The number of carbonyl (C=O) groups is 2. The van der Waals surface area contributed by atoms with Crippen LogP contribution in [0.15, 0.2) is 0 Å². The van der Waals surface area contributed by atoms with Crippen LogP contribution in [0.4, 0.5) is 0 Å². The van der Waals surface area contributed by atoms with Crippen molar-refractivity contribution in [2.45, 2.75) is 52.1 Å². The first kappa shape index (κ1) is 15.9. The summed E-state index contributed by atoms with van der Waals surface area (Å²) in [7, 11) is 1.56. The van der Waals surface area contributed by atoms with Gasteiger partial charge in [0.15, 0.2) is 0 Å². The average molecular weight is 243 g/mol. The molecule has 1 unspecified atom stereocenters. The van der Waals surface area contributed by atoms with Crippen molar-refractivity contribution in [3.8, 4) is 0 Å². The van der Waals surface area contributed by atoms with E-state index in [0.717, 1.165) is 6.42 Å². The highest BCUT2D eigenvalue weighted by Crippen LogP contribution is 2.05. The summed E-state index contributed by atoms with van der Waals surface area (Å²) in [6.45, 7) is 5.99. The van der Waals surface area contributed by atoms with Crippen molar-refractivity contribution >= 4 is 11.8 Å². The Morgan fingerprint density at radius 3 is 2.24 bits per heavy atom. The molecule has 0 fully saturated rings. The Morgan fingerprint density at radius 1 is 1.24 bits per heavy atom. The number of carbonyl (C=O) groups excluding carboxylic acids is 2. The third kappa shape index (κ3) is 6.26. The summed E-state index contributed by atoms with van der Waals surface area (Å²) < 4.78 is 0. The third-order valence-corrected chi connectivity index (χ3v) is 2.52. The lowest BCUT2D eigenvalue weighted by atomic mass is 10.0. The molecule has 2 atom stereocenters. The van der Waals surface area contributed by atoms with Gasteiger partial charge in [0.2, 0.25) is 11.8 Å². The number of amides is 2. The van der Waals surface area contributed by atoms with Crippen LogP contribution >= 0.6 is 0 Å². The molecular weight excluding hydrogens is 218 g/mol. The van der Waals surface area contributed by atoms with E-state index in [1.807, 2.05) is 20.8 Å². The molecule has 0 aliphatic heterocycles. The Labute approximate surface area is 104 Å². The van der Waals surface area contributed by atoms with Crippen LogP contribution in [-0.4, -0.2) is 30.9 Å². The second-order valence-electron chi connectivity index (χ2n) is 4.70. The van der Waals surface area contributed by atoms with Crippen LogP contribution in [0.1, 0.15) is 40.0 Å². The van der Waals surface area contributed by atoms with Crippen LogP contribution in [0.3, 0.4) is 0 Å². The molecule has 0 radical (unpaired) electrons. The first-order chi connectivity index (χ1) is 7.92. The normalized spacial score (nSPS) is 14.2. The molecule has 100 valence electrons. The predicted molar refractivity (Wildman–Crippen MR) is 68.3 cm³/mol. The molecule has 0 aromatic heterocycles. The van der Waals surface area contributed by atoms with E-state index in [-0.39, 0.29) is 11.8 Å². The number of nitrogens with one attached hydrogen (secondary N) is 2. The lowest BCUT2D eigenvalue weighted by molar-refractivity contribution is -0.129. The summed E-state index contributed by atoms with van der Waals surface area (Å²) in [6, 6.07) is -1.02. The van der Waals surface area contributed by atoms with Crippen molar-refractivity contribution in [1.29, 1.82) is 0 Å². The lowest BCUT2D eigenvalue weighted by Gasteiger charge is -2.21. The molecule has 0 aliphatic carbocycles. The van der Waals surface area contributed by atoms with Crippen molar-refractivity contribution in [3.63, 3.8) is 0 Å². The number of nitrogens with two attached hydrogens (primary N) is 1. The molecule has 0 aromatic rings. The Bertz CT molecular complexity index is 254. The molecule has 2 amide bonds. The van der Waals surface area contributed by atoms with E-state index < -0.39 is 12.1 Å². The molecule has 0 heterocycles. The molecule has 5 heteroatoms. The van der Waals surface area contributed by atoms with Crippen molar-refractivity contribution in [2.75, 3.05) is 7.05 Å². The summed E-state index contributed by atoms with van der Waals surface area (Å²) in [5.41, 5.74) is 5.70. The highest BCUT2D eigenvalue weighted by molar-refractivity contribution is 5.89. The van der Waals surface area contributed by atoms with Crippen LogP contribution in [0, 0.1) is 5.92 Å². The Kier molecular flexibility index (Phi) is 7.54. The maximum atomic E-state index is 11.7.